The molecule has 63 heavy (non-hydrogen) atoms. The molecule has 0 fully saturated rings. The molecule has 0 amide bonds. The number of benzene rings is 10. The maximum absolute atomic E-state index is 2.50. The molecule has 0 N–H and O–H groups in total. The first kappa shape index (κ1) is 35.5. The molecule has 0 saturated heterocycles. The molecule has 0 aliphatic heterocycles. The first-order valence-electron chi connectivity index (χ1n) is 21.8. The highest BCUT2D eigenvalue weighted by molar-refractivity contribution is 6.10. The Kier molecular flexibility index (Phi) is 7.85. The molecule has 1 spiro atoms. The molecule has 11 aromatic rings. The van der Waals surface area contributed by atoms with Crippen LogP contribution in [0.3, 0.4) is 0 Å². The van der Waals surface area contributed by atoms with Crippen molar-refractivity contribution in [3.05, 3.63) is 265 Å². The number of fused-ring (bicyclic) bond motifs is 13. The summed E-state index contributed by atoms with van der Waals surface area (Å²) >= 11 is 0. The maximum Gasteiger partial charge on any atom is 0.0726 e. The Bertz CT molecular complexity index is 3500. The van der Waals surface area contributed by atoms with Crippen molar-refractivity contribution in [2.75, 3.05) is 4.90 Å². The number of hydrogen-bond donors (Lipinski definition) is 0. The molecule has 1 heterocycles. The lowest BCUT2D eigenvalue weighted by Gasteiger charge is -2.32. The van der Waals surface area contributed by atoms with Crippen molar-refractivity contribution in [1.29, 1.82) is 0 Å². The smallest absolute Gasteiger partial charge is 0.0726 e. The number of rotatable bonds is 6. The van der Waals surface area contributed by atoms with Gasteiger partial charge in [-0.1, -0.05) is 170 Å². The summed E-state index contributed by atoms with van der Waals surface area (Å²) in [4.78, 5) is 2.41. The lowest BCUT2D eigenvalue weighted by molar-refractivity contribution is 0.794. The summed E-state index contributed by atoms with van der Waals surface area (Å²) < 4.78 is 2.39. The number of anilines is 3. The third-order valence-electron chi connectivity index (χ3n) is 13.6. The monoisotopic (exact) mass is 800 g/mol. The predicted molar refractivity (Wildman–Crippen MR) is 263 cm³/mol. The molecule has 1 aromatic heterocycles. The predicted octanol–water partition coefficient (Wildman–Crippen LogP) is 15.9. The maximum atomic E-state index is 2.50. The van der Waals surface area contributed by atoms with Crippen molar-refractivity contribution >= 4 is 38.9 Å². The van der Waals surface area contributed by atoms with Crippen molar-refractivity contribution < 1.29 is 0 Å². The molecule has 2 nitrogen and oxygen atoms in total. The van der Waals surface area contributed by atoms with Gasteiger partial charge in [0.05, 0.1) is 16.4 Å². The van der Waals surface area contributed by atoms with Gasteiger partial charge in [0.15, 0.2) is 0 Å². The van der Waals surface area contributed by atoms with E-state index in [1.54, 1.807) is 0 Å². The zero-order chi connectivity index (χ0) is 41.5. The number of nitrogens with zero attached hydrogens (tertiary/aromatic N) is 2. The summed E-state index contributed by atoms with van der Waals surface area (Å²) in [5, 5.41) is 2.51. The summed E-state index contributed by atoms with van der Waals surface area (Å²) in [7, 11) is 0. The van der Waals surface area contributed by atoms with Crippen LogP contribution in [0.4, 0.5) is 17.1 Å². The van der Waals surface area contributed by atoms with Crippen LogP contribution in [0.25, 0.3) is 72.0 Å². The van der Waals surface area contributed by atoms with Gasteiger partial charge in [-0.25, -0.2) is 0 Å². The summed E-state index contributed by atoms with van der Waals surface area (Å²) in [5.41, 5.74) is 21.7. The SMILES string of the molecule is c1ccc(-c2ccc(N(c3ccccc3)c3ccc4c(c3)C3(c5ccccc5-c5ccccc53)c3cc(-c5ccc6c(c5)c5ccccc5n6-c5ccccc5)ccc3-4)cc2)cc1. The molecule has 0 atom stereocenters. The average Bonchev–Trinajstić information content (AvgIpc) is 3.96. The third kappa shape index (κ3) is 5.25. The Labute approximate surface area is 367 Å². The van der Waals surface area contributed by atoms with Gasteiger partial charge in [0.1, 0.15) is 0 Å². The van der Waals surface area contributed by atoms with Gasteiger partial charge < -0.3 is 9.47 Å². The lowest BCUT2D eigenvalue weighted by Crippen LogP contribution is -2.26. The molecule has 0 unspecified atom stereocenters. The molecule has 0 radical (unpaired) electrons. The summed E-state index contributed by atoms with van der Waals surface area (Å²) in [6, 6.07) is 89.5. The van der Waals surface area contributed by atoms with Crippen molar-refractivity contribution in [2.45, 2.75) is 5.41 Å². The molecule has 10 aromatic carbocycles. The zero-order valence-electron chi connectivity index (χ0n) is 34.5. The molecule has 2 heteroatoms. The summed E-state index contributed by atoms with van der Waals surface area (Å²) in [6.07, 6.45) is 0. The van der Waals surface area contributed by atoms with Gasteiger partial charge >= 0.3 is 0 Å². The van der Waals surface area contributed by atoms with Crippen molar-refractivity contribution in [3.63, 3.8) is 0 Å². The largest absolute Gasteiger partial charge is 0.310 e. The van der Waals surface area contributed by atoms with Crippen LogP contribution in [-0.2, 0) is 5.41 Å². The fourth-order valence-electron chi connectivity index (χ4n) is 10.9. The number of para-hydroxylation sites is 3. The van der Waals surface area contributed by atoms with E-state index in [4.69, 9.17) is 0 Å². The summed E-state index contributed by atoms with van der Waals surface area (Å²) in [5.74, 6) is 0. The Morgan fingerprint density at radius 3 is 1.49 bits per heavy atom. The standard InChI is InChI=1S/C61H40N2/c1-4-16-41(17-5-1)42-28-32-47(33-29-42)62(45-18-6-2-7-19-45)48-34-36-52-51-35-30-44(39-57(51)61(58(52)40-48)55-25-13-10-22-49(55)50-23-11-14-26-56(50)61)43-31-37-60-54(38-43)53-24-12-15-27-59(53)63(60)46-20-8-3-9-21-46/h1-40H. The quantitative estimate of drug-likeness (QED) is 0.163. The third-order valence-corrected chi connectivity index (χ3v) is 13.6. The Morgan fingerprint density at radius 2 is 0.762 bits per heavy atom. The van der Waals surface area contributed by atoms with E-state index in [0.717, 1.165) is 17.1 Å². The van der Waals surface area contributed by atoms with E-state index < -0.39 is 5.41 Å². The van der Waals surface area contributed by atoms with Crippen LogP contribution in [0, 0.1) is 0 Å². The number of aromatic nitrogens is 1. The van der Waals surface area contributed by atoms with Crippen LogP contribution in [0.15, 0.2) is 243 Å². The molecule has 2 aliphatic rings. The first-order chi connectivity index (χ1) is 31.3. The molecular weight excluding hydrogens is 761 g/mol. The van der Waals surface area contributed by atoms with Crippen molar-refractivity contribution in [3.8, 4) is 50.2 Å². The molecular formula is C61H40N2. The van der Waals surface area contributed by atoms with Crippen LogP contribution in [0.1, 0.15) is 22.3 Å². The van der Waals surface area contributed by atoms with Crippen LogP contribution in [0.5, 0.6) is 0 Å². The van der Waals surface area contributed by atoms with Gasteiger partial charge in [-0.2, -0.15) is 0 Å². The van der Waals surface area contributed by atoms with Gasteiger partial charge in [-0.05, 0) is 140 Å². The minimum absolute atomic E-state index is 0.517. The second kappa shape index (κ2) is 13.9. The Morgan fingerprint density at radius 1 is 0.286 bits per heavy atom. The Balaban J connectivity index is 1.02. The van der Waals surface area contributed by atoms with Gasteiger partial charge in [0, 0.05) is 33.5 Å². The molecule has 13 rings (SSSR count). The average molecular weight is 801 g/mol. The first-order valence-corrected chi connectivity index (χ1v) is 21.8. The topological polar surface area (TPSA) is 8.17 Å². The molecule has 0 bridgehead atoms. The fraction of sp³-hybridized carbons (Fsp3) is 0.0164. The normalized spacial score (nSPS) is 12.9. The van der Waals surface area contributed by atoms with Crippen molar-refractivity contribution in [2.24, 2.45) is 0 Å². The van der Waals surface area contributed by atoms with Gasteiger partial charge in [-0.15, -0.1) is 0 Å². The minimum atomic E-state index is -0.517. The zero-order valence-corrected chi connectivity index (χ0v) is 34.5. The van der Waals surface area contributed by atoms with Gasteiger partial charge in [0.25, 0.3) is 0 Å². The van der Waals surface area contributed by atoms with E-state index in [2.05, 4.69) is 252 Å². The fourth-order valence-corrected chi connectivity index (χ4v) is 10.9. The van der Waals surface area contributed by atoms with Gasteiger partial charge in [0.2, 0.25) is 0 Å². The highest BCUT2D eigenvalue weighted by atomic mass is 15.1. The molecule has 294 valence electrons. The second-order valence-electron chi connectivity index (χ2n) is 16.8. The van der Waals surface area contributed by atoms with Crippen LogP contribution in [0.2, 0.25) is 0 Å². The highest BCUT2D eigenvalue weighted by Crippen LogP contribution is 2.63. The van der Waals surface area contributed by atoms with E-state index >= 15 is 0 Å². The minimum Gasteiger partial charge on any atom is -0.310 e. The number of hydrogen-bond acceptors (Lipinski definition) is 1. The Hall–Kier alpha value is -8.20. The lowest BCUT2D eigenvalue weighted by atomic mass is 9.70. The van der Waals surface area contributed by atoms with Crippen molar-refractivity contribution in [1.82, 2.24) is 4.57 Å². The van der Waals surface area contributed by atoms with Crippen LogP contribution < -0.4 is 4.90 Å². The van der Waals surface area contributed by atoms with Gasteiger partial charge in [-0.3, -0.25) is 0 Å². The van der Waals surface area contributed by atoms with E-state index in [1.165, 1.54) is 94.3 Å². The van der Waals surface area contributed by atoms with Crippen LogP contribution >= 0.6 is 0 Å². The van der Waals surface area contributed by atoms with Crippen LogP contribution in [-0.4, -0.2) is 4.57 Å². The van der Waals surface area contributed by atoms with E-state index in [-0.39, 0.29) is 0 Å². The molecule has 0 saturated carbocycles. The summed E-state index contributed by atoms with van der Waals surface area (Å²) in [6.45, 7) is 0. The van der Waals surface area contributed by atoms with E-state index in [0.29, 0.717) is 0 Å². The highest BCUT2D eigenvalue weighted by Gasteiger charge is 2.52. The second-order valence-corrected chi connectivity index (χ2v) is 16.8. The van der Waals surface area contributed by atoms with E-state index in [9.17, 15) is 0 Å². The van der Waals surface area contributed by atoms with E-state index in [1.807, 2.05) is 0 Å². The molecule has 2 aliphatic carbocycles.